The Morgan fingerprint density at radius 2 is 1.81 bits per heavy atom. The van der Waals surface area contributed by atoms with E-state index in [1.807, 2.05) is 45.0 Å². The summed E-state index contributed by atoms with van der Waals surface area (Å²) in [7, 11) is 3.24. The van der Waals surface area contributed by atoms with Crippen LogP contribution in [0.15, 0.2) is 36.4 Å². The van der Waals surface area contributed by atoms with Gasteiger partial charge in [-0.15, -0.1) is 0 Å². The summed E-state index contributed by atoms with van der Waals surface area (Å²) in [6.45, 7) is 7.19. The van der Waals surface area contributed by atoms with Gasteiger partial charge in [-0.05, 0) is 44.5 Å². The fourth-order valence-corrected chi connectivity index (χ4v) is 4.42. The molecule has 1 aliphatic heterocycles. The van der Waals surface area contributed by atoms with Gasteiger partial charge in [0.1, 0.15) is 18.4 Å². The van der Waals surface area contributed by atoms with Crippen molar-refractivity contribution < 1.29 is 23.6 Å². The quantitative estimate of drug-likeness (QED) is 0.633. The first-order valence-corrected chi connectivity index (χ1v) is 10.7. The van der Waals surface area contributed by atoms with Gasteiger partial charge in [0, 0.05) is 23.6 Å². The number of nitrogens with one attached hydrogen (secondary N) is 3. The van der Waals surface area contributed by atoms with Gasteiger partial charge in [0.2, 0.25) is 0 Å². The van der Waals surface area contributed by atoms with E-state index in [4.69, 9.17) is 9.47 Å². The monoisotopic (exact) mass is 430 g/mol. The second kappa shape index (κ2) is 10.0. The summed E-state index contributed by atoms with van der Waals surface area (Å²) in [6.07, 6.45) is 0.834. The minimum atomic E-state index is -0.208. The molecule has 2 aromatic rings. The first-order chi connectivity index (χ1) is 14.8. The van der Waals surface area contributed by atoms with Crippen LogP contribution in [0, 0.1) is 5.82 Å². The number of hydrogen-bond acceptors (Lipinski definition) is 3. The molecule has 1 unspecified atom stereocenters. The summed E-state index contributed by atoms with van der Waals surface area (Å²) in [4.78, 5) is 13.6. The highest BCUT2D eigenvalue weighted by molar-refractivity contribution is 5.74. The van der Waals surface area contributed by atoms with E-state index in [1.54, 1.807) is 20.3 Å². The highest BCUT2D eigenvalue weighted by Gasteiger charge is 2.37. The number of carbonyl (C=O) groups excluding carboxylic acids is 1. The van der Waals surface area contributed by atoms with Crippen LogP contribution in [0.1, 0.15) is 43.5 Å². The molecule has 6 nitrogen and oxygen atoms in total. The standard InChI is InChI=1S/C24H32FN3O3/c1-15(2)26-24(29)27-16(3)23-19-13-22(31-5)21(30-4)12-17(19)10-11-28(23)14-18-8-6-7-9-20(18)25/h6-9,12-13,15-16,23H,10-11,14H2,1-5H3,(H2,26,27,29)/p+1/t16-,23-/m1/s1. The molecule has 0 saturated heterocycles. The van der Waals surface area contributed by atoms with Crippen molar-refractivity contribution in [3.63, 3.8) is 0 Å². The van der Waals surface area contributed by atoms with Crippen LogP contribution in [0.2, 0.25) is 0 Å². The van der Waals surface area contributed by atoms with E-state index < -0.39 is 0 Å². The number of urea groups is 1. The second-order valence-electron chi connectivity index (χ2n) is 8.37. The number of rotatable bonds is 7. The molecule has 7 heteroatoms. The van der Waals surface area contributed by atoms with E-state index >= 15 is 0 Å². The molecule has 0 radical (unpaired) electrons. The van der Waals surface area contributed by atoms with Gasteiger partial charge in [-0.2, -0.15) is 0 Å². The molecule has 168 valence electrons. The molecule has 0 aliphatic carbocycles. The Hall–Kier alpha value is -2.80. The van der Waals surface area contributed by atoms with Crippen molar-refractivity contribution in [2.45, 2.75) is 51.9 Å². The summed E-state index contributed by atoms with van der Waals surface area (Å²) in [5, 5.41) is 5.97. The molecule has 0 bridgehead atoms. The molecule has 1 heterocycles. The Morgan fingerprint density at radius 1 is 1.13 bits per heavy atom. The van der Waals surface area contributed by atoms with E-state index in [-0.39, 0.29) is 30.0 Å². The molecule has 0 saturated carbocycles. The van der Waals surface area contributed by atoms with Crippen LogP contribution in [0.4, 0.5) is 9.18 Å². The Labute approximate surface area is 183 Å². The van der Waals surface area contributed by atoms with Crippen LogP contribution in [-0.2, 0) is 13.0 Å². The van der Waals surface area contributed by atoms with E-state index in [0.29, 0.717) is 23.6 Å². The van der Waals surface area contributed by atoms with E-state index in [9.17, 15) is 9.18 Å². The number of methoxy groups -OCH3 is 2. The third-order valence-electron chi connectivity index (χ3n) is 5.79. The molecule has 1 aliphatic rings. The van der Waals surface area contributed by atoms with Crippen LogP contribution in [0.25, 0.3) is 0 Å². The molecular weight excluding hydrogens is 397 g/mol. The minimum absolute atomic E-state index is 0.0389. The van der Waals surface area contributed by atoms with Crippen LogP contribution in [0.3, 0.4) is 0 Å². The lowest BCUT2D eigenvalue weighted by molar-refractivity contribution is -0.948. The van der Waals surface area contributed by atoms with E-state index in [0.717, 1.165) is 24.1 Å². The maximum atomic E-state index is 14.4. The molecule has 3 rings (SSSR count). The van der Waals surface area contributed by atoms with Crippen LogP contribution >= 0.6 is 0 Å². The van der Waals surface area contributed by atoms with Gasteiger partial charge >= 0.3 is 6.03 Å². The molecule has 31 heavy (non-hydrogen) atoms. The normalized spacial score (nSPS) is 18.8. The average Bonchev–Trinajstić information content (AvgIpc) is 2.73. The van der Waals surface area contributed by atoms with Gasteiger partial charge in [-0.25, -0.2) is 9.18 Å². The molecular formula is C24H33FN3O3+. The molecule has 3 N–H and O–H groups in total. The minimum Gasteiger partial charge on any atom is -0.493 e. The first-order valence-electron chi connectivity index (χ1n) is 10.7. The zero-order valence-electron chi connectivity index (χ0n) is 18.9. The topological polar surface area (TPSA) is 64.0 Å². The Morgan fingerprint density at radius 3 is 2.45 bits per heavy atom. The number of ether oxygens (including phenoxy) is 2. The van der Waals surface area contributed by atoms with Crippen molar-refractivity contribution in [2.24, 2.45) is 0 Å². The Bertz CT molecular complexity index is 919. The van der Waals surface area contributed by atoms with Gasteiger partial charge < -0.3 is 25.0 Å². The van der Waals surface area contributed by atoms with Gasteiger partial charge in [-0.3, -0.25) is 0 Å². The third kappa shape index (κ3) is 5.28. The number of amides is 2. The summed E-state index contributed by atoms with van der Waals surface area (Å²) < 4.78 is 25.4. The third-order valence-corrected chi connectivity index (χ3v) is 5.79. The molecule has 0 fully saturated rings. The van der Waals surface area contributed by atoms with Crippen LogP contribution in [-0.4, -0.2) is 38.9 Å². The Balaban J connectivity index is 1.97. The highest BCUT2D eigenvalue weighted by Crippen LogP contribution is 2.35. The zero-order chi connectivity index (χ0) is 22.5. The van der Waals surface area contributed by atoms with Gasteiger partial charge in [0.15, 0.2) is 11.5 Å². The van der Waals surface area contributed by atoms with Crippen molar-refractivity contribution >= 4 is 6.03 Å². The van der Waals surface area contributed by atoms with E-state index in [2.05, 4.69) is 10.6 Å². The predicted molar refractivity (Wildman–Crippen MR) is 118 cm³/mol. The fourth-order valence-electron chi connectivity index (χ4n) is 4.42. The molecule has 3 atom stereocenters. The van der Waals surface area contributed by atoms with Gasteiger partial charge in [-0.1, -0.05) is 18.2 Å². The molecule has 2 aromatic carbocycles. The fraction of sp³-hybridized carbons (Fsp3) is 0.458. The van der Waals surface area contributed by atoms with E-state index in [1.165, 1.54) is 11.0 Å². The van der Waals surface area contributed by atoms with Crippen molar-refractivity contribution in [2.75, 3.05) is 20.8 Å². The number of benzene rings is 2. The number of halogens is 1. The summed E-state index contributed by atoms with van der Waals surface area (Å²) in [6, 6.07) is 10.5. The smallest absolute Gasteiger partial charge is 0.315 e. The van der Waals surface area contributed by atoms with Crippen molar-refractivity contribution in [3.8, 4) is 11.5 Å². The SMILES string of the molecule is COc1cc2c(cc1OC)[C@@H]([C@@H](C)NC(=O)NC(C)C)[NH+](Cc1ccccc1F)CC2. The lowest BCUT2D eigenvalue weighted by Gasteiger charge is -2.38. The number of carbonyl (C=O) groups is 1. The summed E-state index contributed by atoms with van der Waals surface area (Å²) in [5.74, 6) is 1.14. The lowest BCUT2D eigenvalue weighted by Crippen LogP contribution is -3.13. The number of quaternary nitrogens is 1. The second-order valence-corrected chi connectivity index (χ2v) is 8.37. The molecule has 2 amide bonds. The van der Waals surface area contributed by atoms with Gasteiger partial charge in [0.25, 0.3) is 0 Å². The van der Waals surface area contributed by atoms with Gasteiger partial charge in [0.05, 0.1) is 26.8 Å². The maximum Gasteiger partial charge on any atom is 0.315 e. The number of fused-ring (bicyclic) bond motifs is 1. The number of hydrogen-bond donors (Lipinski definition) is 3. The largest absolute Gasteiger partial charge is 0.493 e. The van der Waals surface area contributed by atoms with Crippen molar-refractivity contribution in [1.82, 2.24) is 10.6 Å². The van der Waals surface area contributed by atoms with Crippen LogP contribution < -0.4 is 25.0 Å². The zero-order valence-corrected chi connectivity index (χ0v) is 18.9. The highest BCUT2D eigenvalue weighted by atomic mass is 19.1. The van der Waals surface area contributed by atoms with Crippen LogP contribution in [0.5, 0.6) is 11.5 Å². The lowest BCUT2D eigenvalue weighted by atomic mass is 9.87. The predicted octanol–water partition coefficient (Wildman–Crippen LogP) is 2.62. The Kier molecular flexibility index (Phi) is 7.38. The maximum absolute atomic E-state index is 14.4. The molecule has 0 spiro atoms. The summed E-state index contributed by atoms with van der Waals surface area (Å²) in [5.41, 5.74) is 2.93. The first kappa shape index (κ1) is 22.9. The van der Waals surface area contributed by atoms with Crippen molar-refractivity contribution in [3.05, 3.63) is 58.9 Å². The molecule has 0 aromatic heterocycles. The van der Waals surface area contributed by atoms with Crippen molar-refractivity contribution in [1.29, 1.82) is 0 Å². The summed E-state index contributed by atoms with van der Waals surface area (Å²) >= 11 is 0. The average molecular weight is 431 g/mol.